The van der Waals surface area contributed by atoms with E-state index in [1.807, 2.05) is 0 Å². The van der Waals surface area contributed by atoms with Gasteiger partial charge in [-0.15, -0.1) is 0 Å². The van der Waals surface area contributed by atoms with E-state index in [4.69, 9.17) is 5.11 Å². The SMILES string of the molecule is O=C(O)C1=C(Nc2ccc(-c3ccccc3F)nc2)C(=O)CC=C1. The van der Waals surface area contributed by atoms with Crippen molar-refractivity contribution in [3.05, 3.63) is 71.8 Å². The fourth-order valence-electron chi connectivity index (χ4n) is 2.38. The van der Waals surface area contributed by atoms with Crippen LogP contribution in [0.2, 0.25) is 0 Å². The summed E-state index contributed by atoms with van der Waals surface area (Å²) in [5.41, 5.74) is 1.19. The summed E-state index contributed by atoms with van der Waals surface area (Å²) in [6.45, 7) is 0. The number of carbonyl (C=O) groups is 2. The van der Waals surface area contributed by atoms with Crippen LogP contribution in [0.5, 0.6) is 0 Å². The lowest BCUT2D eigenvalue weighted by Gasteiger charge is -2.14. The number of benzene rings is 1. The minimum Gasteiger partial charge on any atom is -0.478 e. The smallest absolute Gasteiger partial charge is 0.337 e. The number of carbonyl (C=O) groups excluding carboxylic acids is 1. The van der Waals surface area contributed by atoms with Gasteiger partial charge in [0.2, 0.25) is 0 Å². The zero-order valence-electron chi connectivity index (χ0n) is 12.5. The summed E-state index contributed by atoms with van der Waals surface area (Å²) in [7, 11) is 0. The average Bonchev–Trinajstić information content (AvgIpc) is 2.58. The molecule has 0 spiro atoms. The second-order valence-electron chi connectivity index (χ2n) is 5.16. The van der Waals surface area contributed by atoms with Gasteiger partial charge >= 0.3 is 5.97 Å². The van der Waals surface area contributed by atoms with Crippen LogP contribution in [-0.2, 0) is 9.59 Å². The molecule has 1 aromatic heterocycles. The summed E-state index contributed by atoms with van der Waals surface area (Å²) in [4.78, 5) is 27.3. The van der Waals surface area contributed by atoms with Crippen LogP contribution in [0.4, 0.5) is 10.1 Å². The first-order valence-corrected chi connectivity index (χ1v) is 7.21. The second kappa shape index (κ2) is 6.45. The minimum atomic E-state index is -1.18. The number of nitrogens with one attached hydrogen (secondary N) is 1. The highest BCUT2D eigenvalue weighted by atomic mass is 19.1. The number of hydrogen-bond donors (Lipinski definition) is 2. The molecule has 1 aliphatic rings. The molecule has 0 unspecified atom stereocenters. The zero-order valence-corrected chi connectivity index (χ0v) is 12.5. The van der Waals surface area contributed by atoms with Gasteiger partial charge in [-0.25, -0.2) is 9.18 Å². The molecule has 24 heavy (non-hydrogen) atoms. The van der Waals surface area contributed by atoms with Crippen LogP contribution in [0, 0.1) is 5.82 Å². The molecular weight excluding hydrogens is 311 g/mol. The summed E-state index contributed by atoms with van der Waals surface area (Å²) in [5.74, 6) is -1.88. The predicted molar refractivity (Wildman–Crippen MR) is 86.7 cm³/mol. The highest BCUT2D eigenvalue weighted by Crippen LogP contribution is 2.23. The Labute approximate surface area is 137 Å². The predicted octanol–water partition coefficient (Wildman–Crippen LogP) is 3.17. The van der Waals surface area contributed by atoms with Crippen molar-refractivity contribution in [3.8, 4) is 11.3 Å². The third-order valence-electron chi connectivity index (χ3n) is 3.55. The molecular formula is C18H13FN2O3. The molecule has 2 aromatic rings. The van der Waals surface area contributed by atoms with Gasteiger partial charge < -0.3 is 10.4 Å². The first kappa shape index (κ1) is 15.6. The summed E-state index contributed by atoms with van der Waals surface area (Å²) in [5, 5.41) is 12.0. The van der Waals surface area contributed by atoms with Crippen molar-refractivity contribution in [1.82, 2.24) is 4.98 Å². The van der Waals surface area contributed by atoms with E-state index in [-0.39, 0.29) is 29.3 Å². The van der Waals surface area contributed by atoms with Gasteiger partial charge in [-0.3, -0.25) is 9.78 Å². The number of anilines is 1. The molecule has 0 saturated heterocycles. The number of allylic oxidation sites excluding steroid dienone is 2. The lowest BCUT2D eigenvalue weighted by atomic mass is 10.0. The highest BCUT2D eigenvalue weighted by molar-refractivity contribution is 6.08. The molecule has 1 heterocycles. The third-order valence-corrected chi connectivity index (χ3v) is 3.55. The number of carboxylic acid groups (broad SMARTS) is 1. The Morgan fingerprint density at radius 2 is 2.00 bits per heavy atom. The molecule has 0 saturated carbocycles. The van der Waals surface area contributed by atoms with Crippen molar-refractivity contribution in [2.24, 2.45) is 0 Å². The minimum absolute atomic E-state index is 0.0189. The number of aromatic nitrogens is 1. The summed E-state index contributed by atoms with van der Waals surface area (Å²) in [6.07, 6.45) is 4.48. The fourth-order valence-corrected chi connectivity index (χ4v) is 2.38. The quantitative estimate of drug-likeness (QED) is 0.903. The van der Waals surface area contributed by atoms with Gasteiger partial charge in [0, 0.05) is 12.0 Å². The number of Topliss-reactive ketones (excluding diaryl/α,β-unsaturated/α-hetero) is 1. The van der Waals surface area contributed by atoms with Crippen molar-refractivity contribution in [2.75, 3.05) is 5.32 Å². The molecule has 6 heteroatoms. The molecule has 0 atom stereocenters. The normalized spacial score (nSPS) is 14.0. The standard InChI is InChI=1S/C18H13FN2O3/c19-14-6-2-1-4-12(14)15-9-8-11(10-20-15)21-17-13(18(23)24)5-3-7-16(17)22/h1-6,8-10,21H,7H2,(H,23,24). The van der Waals surface area contributed by atoms with Crippen LogP contribution in [0.15, 0.2) is 66.0 Å². The maximum Gasteiger partial charge on any atom is 0.337 e. The van der Waals surface area contributed by atoms with Crippen LogP contribution >= 0.6 is 0 Å². The van der Waals surface area contributed by atoms with E-state index in [1.54, 1.807) is 30.3 Å². The first-order chi connectivity index (χ1) is 11.6. The maximum atomic E-state index is 13.8. The summed E-state index contributed by atoms with van der Waals surface area (Å²) in [6, 6.07) is 9.49. The first-order valence-electron chi connectivity index (χ1n) is 7.21. The number of rotatable bonds is 4. The molecule has 120 valence electrons. The number of aliphatic carboxylic acids is 1. The Bertz CT molecular complexity index is 870. The molecule has 0 aliphatic heterocycles. The molecule has 0 fully saturated rings. The number of hydrogen-bond acceptors (Lipinski definition) is 4. The van der Waals surface area contributed by atoms with E-state index in [0.717, 1.165) is 0 Å². The van der Waals surface area contributed by atoms with E-state index < -0.39 is 5.97 Å². The summed E-state index contributed by atoms with van der Waals surface area (Å²) >= 11 is 0. The van der Waals surface area contributed by atoms with Crippen LogP contribution in [0.1, 0.15) is 6.42 Å². The Morgan fingerprint density at radius 3 is 2.67 bits per heavy atom. The van der Waals surface area contributed by atoms with Gasteiger partial charge in [0.1, 0.15) is 5.82 Å². The van der Waals surface area contributed by atoms with Crippen LogP contribution < -0.4 is 5.32 Å². The van der Waals surface area contributed by atoms with Gasteiger partial charge in [-0.05, 0) is 30.3 Å². The number of carboxylic acids is 1. The maximum absolute atomic E-state index is 13.8. The Balaban J connectivity index is 1.89. The van der Waals surface area contributed by atoms with E-state index in [1.165, 1.54) is 24.4 Å². The van der Waals surface area contributed by atoms with E-state index in [2.05, 4.69) is 10.3 Å². The Morgan fingerprint density at radius 1 is 1.21 bits per heavy atom. The van der Waals surface area contributed by atoms with Gasteiger partial charge in [-0.2, -0.15) is 0 Å². The zero-order chi connectivity index (χ0) is 17.1. The van der Waals surface area contributed by atoms with Crippen LogP contribution in [-0.4, -0.2) is 21.8 Å². The molecule has 3 rings (SSSR count). The van der Waals surface area contributed by atoms with Crippen LogP contribution in [0.25, 0.3) is 11.3 Å². The lowest BCUT2D eigenvalue weighted by Crippen LogP contribution is -2.19. The van der Waals surface area contributed by atoms with Crippen molar-refractivity contribution in [3.63, 3.8) is 0 Å². The van der Waals surface area contributed by atoms with Gasteiger partial charge in [-0.1, -0.05) is 18.2 Å². The average molecular weight is 324 g/mol. The van der Waals surface area contributed by atoms with Crippen molar-refractivity contribution in [2.45, 2.75) is 6.42 Å². The number of halogens is 1. The van der Waals surface area contributed by atoms with Crippen molar-refractivity contribution >= 4 is 17.4 Å². The number of nitrogens with zero attached hydrogens (tertiary/aromatic N) is 1. The number of pyridine rings is 1. The molecule has 1 aliphatic carbocycles. The van der Waals surface area contributed by atoms with Gasteiger partial charge in [0.25, 0.3) is 0 Å². The third kappa shape index (κ3) is 3.08. The molecule has 2 N–H and O–H groups in total. The molecule has 0 amide bonds. The topological polar surface area (TPSA) is 79.3 Å². The largest absolute Gasteiger partial charge is 0.478 e. The van der Waals surface area contributed by atoms with E-state index in [0.29, 0.717) is 16.9 Å². The summed E-state index contributed by atoms with van der Waals surface area (Å²) < 4.78 is 13.8. The molecule has 0 radical (unpaired) electrons. The molecule has 5 nitrogen and oxygen atoms in total. The van der Waals surface area contributed by atoms with Crippen LogP contribution in [0.3, 0.4) is 0 Å². The number of ketones is 1. The van der Waals surface area contributed by atoms with Crippen molar-refractivity contribution < 1.29 is 19.1 Å². The van der Waals surface area contributed by atoms with E-state index in [9.17, 15) is 14.0 Å². The highest BCUT2D eigenvalue weighted by Gasteiger charge is 2.21. The monoisotopic (exact) mass is 324 g/mol. The van der Waals surface area contributed by atoms with Gasteiger partial charge in [0.15, 0.2) is 5.78 Å². The Hall–Kier alpha value is -3.28. The van der Waals surface area contributed by atoms with Crippen molar-refractivity contribution in [1.29, 1.82) is 0 Å². The second-order valence-corrected chi connectivity index (χ2v) is 5.16. The lowest BCUT2D eigenvalue weighted by molar-refractivity contribution is -0.132. The molecule has 0 bridgehead atoms. The Kier molecular flexibility index (Phi) is 4.20. The van der Waals surface area contributed by atoms with Gasteiger partial charge in [0.05, 0.1) is 28.8 Å². The van der Waals surface area contributed by atoms with E-state index >= 15 is 0 Å². The fraction of sp³-hybridized carbons (Fsp3) is 0.0556. The molecule has 1 aromatic carbocycles.